The molecule has 0 radical (unpaired) electrons. The lowest BCUT2D eigenvalue weighted by atomic mass is 10.2. The van der Waals surface area contributed by atoms with Gasteiger partial charge in [0.1, 0.15) is 5.76 Å². The summed E-state index contributed by atoms with van der Waals surface area (Å²) < 4.78 is 5.74. The largest absolute Gasteiger partial charge is 0.440 e. The standard InChI is InChI=1S/C19H19ClN2O2S2/c1-12-16(22-19(24-12)17-8-5-9-25-17)11-26-13(2)18(23)21-10-14-6-3-4-7-15(14)20/h3-9,13H,10-11H2,1-2H3,(H,21,23)/t13-/m1/s1. The minimum absolute atomic E-state index is 0.0189. The average molecular weight is 407 g/mol. The van der Waals surface area contributed by atoms with Crippen molar-refractivity contribution in [3.05, 3.63) is 63.8 Å². The third-order valence-electron chi connectivity index (χ3n) is 3.87. The van der Waals surface area contributed by atoms with Gasteiger partial charge >= 0.3 is 0 Å². The Labute approximate surface area is 166 Å². The number of amides is 1. The summed E-state index contributed by atoms with van der Waals surface area (Å²) in [6, 6.07) is 11.5. The number of carbonyl (C=O) groups is 1. The highest BCUT2D eigenvalue weighted by Gasteiger charge is 2.17. The summed E-state index contributed by atoms with van der Waals surface area (Å²) in [4.78, 5) is 17.9. The van der Waals surface area contributed by atoms with Crippen molar-refractivity contribution in [1.82, 2.24) is 10.3 Å². The van der Waals surface area contributed by atoms with Gasteiger partial charge in [0.25, 0.3) is 0 Å². The van der Waals surface area contributed by atoms with Gasteiger partial charge < -0.3 is 9.73 Å². The van der Waals surface area contributed by atoms with Gasteiger partial charge in [0.15, 0.2) is 0 Å². The van der Waals surface area contributed by atoms with Gasteiger partial charge in [0.2, 0.25) is 11.8 Å². The molecule has 1 N–H and O–H groups in total. The molecule has 2 aromatic heterocycles. The van der Waals surface area contributed by atoms with E-state index < -0.39 is 0 Å². The van der Waals surface area contributed by atoms with E-state index in [1.165, 1.54) is 11.8 Å². The third-order valence-corrected chi connectivity index (χ3v) is 6.26. The predicted octanol–water partition coefficient (Wildman–Crippen LogP) is 5.30. The van der Waals surface area contributed by atoms with Gasteiger partial charge in [-0.15, -0.1) is 23.1 Å². The summed E-state index contributed by atoms with van der Waals surface area (Å²) in [5, 5.41) is 5.39. The summed E-state index contributed by atoms with van der Waals surface area (Å²) in [6.07, 6.45) is 0. The second kappa shape index (κ2) is 8.75. The number of aryl methyl sites for hydroxylation is 1. The van der Waals surface area contributed by atoms with E-state index in [0.29, 0.717) is 23.2 Å². The normalized spacial score (nSPS) is 12.1. The van der Waals surface area contributed by atoms with Crippen molar-refractivity contribution in [3.63, 3.8) is 0 Å². The highest BCUT2D eigenvalue weighted by atomic mass is 35.5. The molecule has 0 saturated carbocycles. The van der Waals surface area contributed by atoms with E-state index in [-0.39, 0.29) is 11.2 Å². The molecular formula is C19H19ClN2O2S2. The van der Waals surface area contributed by atoms with Crippen LogP contribution in [0, 0.1) is 6.92 Å². The Morgan fingerprint density at radius 3 is 2.88 bits per heavy atom. The van der Waals surface area contributed by atoms with Crippen LogP contribution >= 0.6 is 34.7 Å². The highest BCUT2D eigenvalue weighted by Crippen LogP contribution is 2.28. The number of oxazole rings is 1. The number of rotatable bonds is 7. The summed E-state index contributed by atoms with van der Waals surface area (Å²) in [5.74, 6) is 2.05. The van der Waals surface area contributed by atoms with Crippen molar-refractivity contribution in [2.45, 2.75) is 31.4 Å². The third kappa shape index (κ3) is 4.69. The number of nitrogens with zero attached hydrogens (tertiary/aromatic N) is 1. The Hall–Kier alpha value is -1.76. The number of aromatic nitrogens is 1. The summed E-state index contributed by atoms with van der Waals surface area (Å²) in [7, 11) is 0. The quantitative estimate of drug-likeness (QED) is 0.578. The topological polar surface area (TPSA) is 55.1 Å². The molecule has 3 aromatic rings. The molecule has 3 rings (SSSR count). The molecule has 0 spiro atoms. The van der Waals surface area contributed by atoms with E-state index in [0.717, 1.165) is 21.9 Å². The van der Waals surface area contributed by atoms with Crippen molar-refractivity contribution in [3.8, 4) is 10.8 Å². The minimum Gasteiger partial charge on any atom is -0.440 e. The summed E-state index contributed by atoms with van der Waals surface area (Å²) in [5.41, 5.74) is 1.79. The maximum absolute atomic E-state index is 12.3. The van der Waals surface area contributed by atoms with Gasteiger partial charge in [0, 0.05) is 17.3 Å². The van der Waals surface area contributed by atoms with Crippen LogP contribution in [0.1, 0.15) is 23.9 Å². The van der Waals surface area contributed by atoms with Crippen molar-refractivity contribution in [2.75, 3.05) is 0 Å². The molecule has 0 bridgehead atoms. The fourth-order valence-corrected chi connectivity index (χ4v) is 4.08. The number of nitrogens with one attached hydrogen (secondary N) is 1. The second-order valence-corrected chi connectivity index (χ2v) is 8.45. The molecule has 26 heavy (non-hydrogen) atoms. The van der Waals surface area contributed by atoms with Crippen LogP contribution in [0.25, 0.3) is 10.8 Å². The van der Waals surface area contributed by atoms with Crippen molar-refractivity contribution in [1.29, 1.82) is 0 Å². The molecule has 1 aromatic carbocycles. The van der Waals surface area contributed by atoms with Gasteiger partial charge in [-0.1, -0.05) is 35.9 Å². The van der Waals surface area contributed by atoms with Crippen LogP contribution in [0.3, 0.4) is 0 Å². The lowest BCUT2D eigenvalue weighted by Crippen LogP contribution is -2.30. The highest BCUT2D eigenvalue weighted by molar-refractivity contribution is 7.99. The van der Waals surface area contributed by atoms with E-state index in [1.807, 2.05) is 55.6 Å². The Morgan fingerprint density at radius 2 is 2.15 bits per heavy atom. The average Bonchev–Trinajstić information content (AvgIpc) is 3.28. The van der Waals surface area contributed by atoms with Crippen LogP contribution in [-0.4, -0.2) is 16.1 Å². The number of hydrogen-bond acceptors (Lipinski definition) is 5. The molecule has 0 aliphatic rings. The van der Waals surface area contributed by atoms with Gasteiger partial charge in [-0.3, -0.25) is 4.79 Å². The zero-order valence-electron chi connectivity index (χ0n) is 14.5. The molecule has 0 aliphatic carbocycles. The van der Waals surface area contributed by atoms with E-state index in [4.69, 9.17) is 16.0 Å². The minimum atomic E-state index is -0.196. The van der Waals surface area contributed by atoms with E-state index in [1.54, 1.807) is 11.3 Å². The molecule has 0 saturated heterocycles. The van der Waals surface area contributed by atoms with Gasteiger partial charge in [-0.25, -0.2) is 4.98 Å². The van der Waals surface area contributed by atoms with E-state index >= 15 is 0 Å². The van der Waals surface area contributed by atoms with Crippen LogP contribution in [0.5, 0.6) is 0 Å². The molecule has 7 heteroatoms. The van der Waals surface area contributed by atoms with E-state index in [2.05, 4.69) is 10.3 Å². The first kappa shape index (κ1) is 19.0. The lowest BCUT2D eigenvalue weighted by Gasteiger charge is -2.12. The molecule has 136 valence electrons. The fraction of sp³-hybridized carbons (Fsp3) is 0.263. The van der Waals surface area contributed by atoms with Crippen molar-refractivity contribution < 1.29 is 9.21 Å². The zero-order valence-corrected chi connectivity index (χ0v) is 16.9. The number of hydrogen-bond donors (Lipinski definition) is 1. The molecule has 0 unspecified atom stereocenters. The maximum atomic E-state index is 12.3. The molecule has 0 aliphatic heterocycles. The zero-order chi connectivity index (χ0) is 18.5. The SMILES string of the molecule is Cc1oc(-c2cccs2)nc1CS[C@H](C)C(=O)NCc1ccccc1Cl. The Bertz CT molecular complexity index is 878. The molecule has 1 amide bonds. The molecule has 0 fully saturated rings. The van der Waals surface area contributed by atoms with Gasteiger partial charge in [-0.2, -0.15) is 0 Å². The Kier molecular flexibility index (Phi) is 6.40. The van der Waals surface area contributed by atoms with Crippen LogP contribution in [0.2, 0.25) is 5.02 Å². The molecule has 4 nitrogen and oxygen atoms in total. The van der Waals surface area contributed by atoms with Gasteiger partial charge in [0.05, 0.1) is 15.8 Å². The number of carbonyl (C=O) groups excluding carboxylic acids is 1. The first-order valence-electron chi connectivity index (χ1n) is 8.17. The van der Waals surface area contributed by atoms with Crippen LogP contribution in [0.4, 0.5) is 0 Å². The molecular weight excluding hydrogens is 388 g/mol. The fourth-order valence-electron chi connectivity index (χ4n) is 2.32. The van der Waals surface area contributed by atoms with Crippen molar-refractivity contribution >= 4 is 40.6 Å². The monoisotopic (exact) mass is 406 g/mol. The van der Waals surface area contributed by atoms with Crippen LogP contribution in [0.15, 0.2) is 46.2 Å². The maximum Gasteiger partial charge on any atom is 0.236 e. The summed E-state index contributed by atoms with van der Waals surface area (Å²) >= 11 is 9.25. The smallest absolute Gasteiger partial charge is 0.236 e. The molecule has 2 heterocycles. The lowest BCUT2D eigenvalue weighted by molar-refractivity contribution is -0.120. The predicted molar refractivity (Wildman–Crippen MR) is 109 cm³/mol. The number of thiophene rings is 1. The summed E-state index contributed by atoms with van der Waals surface area (Å²) in [6.45, 7) is 4.22. The Balaban J connectivity index is 1.53. The van der Waals surface area contributed by atoms with Crippen LogP contribution in [-0.2, 0) is 17.1 Å². The second-order valence-electron chi connectivity index (χ2n) is 5.76. The number of halogens is 1. The first-order chi connectivity index (χ1) is 12.5. The van der Waals surface area contributed by atoms with Crippen molar-refractivity contribution in [2.24, 2.45) is 0 Å². The number of thioether (sulfide) groups is 1. The number of benzene rings is 1. The van der Waals surface area contributed by atoms with Crippen LogP contribution < -0.4 is 5.32 Å². The van der Waals surface area contributed by atoms with E-state index in [9.17, 15) is 4.79 Å². The Morgan fingerprint density at radius 1 is 1.35 bits per heavy atom. The van der Waals surface area contributed by atoms with Gasteiger partial charge in [-0.05, 0) is 36.9 Å². The first-order valence-corrected chi connectivity index (χ1v) is 10.5. The molecule has 1 atom stereocenters.